The van der Waals surface area contributed by atoms with E-state index in [1.54, 1.807) is 19.2 Å². The van der Waals surface area contributed by atoms with Crippen molar-refractivity contribution in [2.75, 3.05) is 7.11 Å². The number of hydrogen-bond donors (Lipinski definition) is 2. The molecule has 7 heteroatoms. The summed E-state index contributed by atoms with van der Waals surface area (Å²) in [6.07, 6.45) is 0.640. The number of rotatable bonds is 4. The van der Waals surface area contributed by atoms with Crippen LogP contribution in [0.1, 0.15) is 22.6 Å². The number of carbonyl (C=O) groups is 2. The zero-order valence-corrected chi connectivity index (χ0v) is 12.5. The van der Waals surface area contributed by atoms with Gasteiger partial charge < -0.3 is 19.5 Å². The summed E-state index contributed by atoms with van der Waals surface area (Å²) in [5.41, 5.74) is 1.18. The molecular weight excluding hydrogens is 300 g/mol. The van der Waals surface area contributed by atoms with Crippen LogP contribution in [0.3, 0.4) is 0 Å². The Bertz CT molecular complexity index is 764. The maximum Gasteiger partial charge on any atom is 0.356 e. The molecule has 1 aromatic heterocycles. The van der Waals surface area contributed by atoms with Crippen molar-refractivity contribution in [3.63, 3.8) is 0 Å². The molecule has 0 radical (unpaired) electrons. The third-order valence-electron chi connectivity index (χ3n) is 4.11. The summed E-state index contributed by atoms with van der Waals surface area (Å²) >= 11 is 0. The molecule has 3 rings (SSSR count). The second kappa shape index (κ2) is 5.75. The second-order valence-electron chi connectivity index (χ2n) is 5.44. The SMILES string of the molecule is COc1ccc(-c2nc(C(=O)O)c3n2CCC(C(=O)O)C3)cc1. The van der Waals surface area contributed by atoms with Gasteiger partial charge in [0.05, 0.1) is 18.7 Å². The maximum atomic E-state index is 11.5. The predicted octanol–water partition coefficient (Wildman–Crippen LogP) is 1.90. The van der Waals surface area contributed by atoms with E-state index in [0.717, 1.165) is 5.56 Å². The van der Waals surface area contributed by atoms with Crippen molar-refractivity contribution in [3.8, 4) is 17.1 Å². The first-order chi connectivity index (χ1) is 11.0. The van der Waals surface area contributed by atoms with Gasteiger partial charge in [-0.1, -0.05) is 0 Å². The molecule has 1 atom stereocenters. The Balaban J connectivity index is 2.07. The molecule has 1 aliphatic rings. The van der Waals surface area contributed by atoms with Crippen molar-refractivity contribution in [2.24, 2.45) is 5.92 Å². The summed E-state index contributed by atoms with van der Waals surface area (Å²) in [5, 5.41) is 18.5. The van der Waals surface area contributed by atoms with E-state index in [2.05, 4.69) is 4.98 Å². The van der Waals surface area contributed by atoms with Gasteiger partial charge in [-0.2, -0.15) is 0 Å². The van der Waals surface area contributed by atoms with Crippen LogP contribution in [-0.2, 0) is 17.8 Å². The number of aliphatic carboxylic acids is 1. The number of carboxylic acids is 2. The van der Waals surface area contributed by atoms with Crippen LogP contribution in [0.25, 0.3) is 11.4 Å². The summed E-state index contributed by atoms with van der Waals surface area (Å²) in [4.78, 5) is 26.9. The molecule has 0 fully saturated rings. The summed E-state index contributed by atoms with van der Waals surface area (Å²) < 4.78 is 6.93. The standard InChI is InChI=1S/C16H16N2O5/c1-23-11-4-2-9(3-5-11)14-17-13(16(21)22)12-8-10(15(19)20)6-7-18(12)14/h2-5,10H,6-8H2,1H3,(H,19,20)(H,21,22). The fraction of sp³-hybridized carbons (Fsp3) is 0.312. The number of ether oxygens (including phenoxy) is 1. The van der Waals surface area contributed by atoms with E-state index in [9.17, 15) is 19.8 Å². The van der Waals surface area contributed by atoms with Gasteiger partial charge in [0.25, 0.3) is 0 Å². The van der Waals surface area contributed by atoms with E-state index < -0.39 is 17.9 Å². The molecule has 2 heterocycles. The minimum atomic E-state index is -1.14. The van der Waals surface area contributed by atoms with Crippen LogP contribution in [0.15, 0.2) is 24.3 Å². The van der Waals surface area contributed by atoms with Gasteiger partial charge in [-0.3, -0.25) is 4.79 Å². The normalized spacial score (nSPS) is 16.7. The van der Waals surface area contributed by atoms with Gasteiger partial charge in [0, 0.05) is 18.5 Å². The zero-order chi connectivity index (χ0) is 16.6. The van der Waals surface area contributed by atoms with Crippen LogP contribution >= 0.6 is 0 Å². The molecule has 120 valence electrons. The lowest BCUT2D eigenvalue weighted by Gasteiger charge is -2.22. The zero-order valence-electron chi connectivity index (χ0n) is 12.5. The molecule has 1 aromatic carbocycles. The first-order valence-corrected chi connectivity index (χ1v) is 7.21. The lowest BCUT2D eigenvalue weighted by molar-refractivity contribution is -0.142. The van der Waals surface area contributed by atoms with E-state index in [0.29, 0.717) is 30.2 Å². The number of fused-ring (bicyclic) bond motifs is 1. The molecule has 23 heavy (non-hydrogen) atoms. The van der Waals surface area contributed by atoms with Gasteiger partial charge in [-0.15, -0.1) is 0 Å². The second-order valence-corrected chi connectivity index (χ2v) is 5.44. The van der Waals surface area contributed by atoms with Crippen molar-refractivity contribution in [1.29, 1.82) is 0 Å². The minimum Gasteiger partial charge on any atom is -0.497 e. The molecule has 2 N–H and O–H groups in total. The monoisotopic (exact) mass is 316 g/mol. The lowest BCUT2D eigenvalue weighted by Crippen LogP contribution is -2.26. The summed E-state index contributed by atoms with van der Waals surface area (Å²) in [6.45, 7) is 0.438. The lowest BCUT2D eigenvalue weighted by atomic mass is 9.95. The number of nitrogens with zero attached hydrogens (tertiary/aromatic N) is 2. The highest BCUT2D eigenvalue weighted by molar-refractivity contribution is 5.88. The van der Waals surface area contributed by atoms with Crippen molar-refractivity contribution in [2.45, 2.75) is 19.4 Å². The molecule has 0 saturated carbocycles. The molecule has 1 aliphatic heterocycles. The molecule has 0 bridgehead atoms. The third-order valence-corrected chi connectivity index (χ3v) is 4.11. The molecule has 7 nitrogen and oxygen atoms in total. The first kappa shape index (κ1) is 15.1. The summed E-state index contributed by atoms with van der Waals surface area (Å²) in [7, 11) is 1.57. The Morgan fingerprint density at radius 3 is 2.52 bits per heavy atom. The average Bonchev–Trinajstić information content (AvgIpc) is 2.94. The van der Waals surface area contributed by atoms with Gasteiger partial charge in [-0.05, 0) is 30.7 Å². The van der Waals surface area contributed by atoms with E-state index >= 15 is 0 Å². The average molecular weight is 316 g/mol. The van der Waals surface area contributed by atoms with Crippen LogP contribution in [-0.4, -0.2) is 38.8 Å². The van der Waals surface area contributed by atoms with E-state index in [-0.39, 0.29) is 12.1 Å². The molecule has 2 aromatic rings. The Labute approximate surface area is 132 Å². The Hall–Kier alpha value is -2.83. The van der Waals surface area contributed by atoms with E-state index in [4.69, 9.17) is 4.74 Å². The van der Waals surface area contributed by atoms with Crippen LogP contribution in [0.4, 0.5) is 0 Å². The van der Waals surface area contributed by atoms with Crippen molar-refractivity contribution in [1.82, 2.24) is 9.55 Å². The summed E-state index contributed by atoms with van der Waals surface area (Å²) in [5.74, 6) is -1.37. The predicted molar refractivity (Wildman–Crippen MR) is 80.6 cm³/mol. The quantitative estimate of drug-likeness (QED) is 0.893. The Kier molecular flexibility index (Phi) is 3.77. The highest BCUT2D eigenvalue weighted by Gasteiger charge is 2.31. The minimum absolute atomic E-state index is 0.0678. The maximum absolute atomic E-state index is 11.5. The van der Waals surface area contributed by atoms with Crippen molar-refractivity contribution < 1.29 is 24.5 Å². The highest BCUT2D eigenvalue weighted by atomic mass is 16.5. The molecule has 1 unspecified atom stereocenters. The summed E-state index contributed by atoms with van der Waals surface area (Å²) in [6, 6.07) is 7.17. The molecular formula is C16H16N2O5. The number of hydrogen-bond acceptors (Lipinski definition) is 4. The van der Waals surface area contributed by atoms with Crippen molar-refractivity contribution >= 4 is 11.9 Å². The van der Waals surface area contributed by atoms with Gasteiger partial charge >= 0.3 is 11.9 Å². The number of imidazole rings is 1. The van der Waals surface area contributed by atoms with E-state index in [1.807, 2.05) is 16.7 Å². The first-order valence-electron chi connectivity index (χ1n) is 7.21. The molecule has 0 amide bonds. The Morgan fingerprint density at radius 1 is 1.26 bits per heavy atom. The smallest absolute Gasteiger partial charge is 0.356 e. The van der Waals surface area contributed by atoms with Crippen LogP contribution in [0.2, 0.25) is 0 Å². The van der Waals surface area contributed by atoms with Gasteiger partial charge in [-0.25, -0.2) is 9.78 Å². The number of benzene rings is 1. The molecule has 0 aliphatic carbocycles. The van der Waals surface area contributed by atoms with Crippen LogP contribution in [0.5, 0.6) is 5.75 Å². The van der Waals surface area contributed by atoms with Crippen LogP contribution in [0, 0.1) is 5.92 Å². The van der Waals surface area contributed by atoms with Crippen molar-refractivity contribution in [3.05, 3.63) is 35.7 Å². The molecule has 0 saturated heterocycles. The fourth-order valence-electron chi connectivity index (χ4n) is 2.90. The number of methoxy groups -OCH3 is 1. The van der Waals surface area contributed by atoms with E-state index in [1.165, 1.54) is 0 Å². The Morgan fingerprint density at radius 2 is 1.96 bits per heavy atom. The van der Waals surface area contributed by atoms with Gasteiger partial charge in [0.15, 0.2) is 5.69 Å². The number of aromatic carboxylic acids is 1. The highest BCUT2D eigenvalue weighted by Crippen LogP contribution is 2.31. The number of aromatic nitrogens is 2. The van der Waals surface area contributed by atoms with Gasteiger partial charge in [0.1, 0.15) is 11.6 Å². The van der Waals surface area contributed by atoms with Gasteiger partial charge in [0.2, 0.25) is 0 Å². The molecule has 0 spiro atoms. The topological polar surface area (TPSA) is 102 Å². The third kappa shape index (κ3) is 2.65. The number of carboxylic acid groups (broad SMARTS) is 2. The fourth-order valence-corrected chi connectivity index (χ4v) is 2.90. The van der Waals surface area contributed by atoms with Crippen LogP contribution < -0.4 is 4.74 Å². The largest absolute Gasteiger partial charge is 0.497 e.